The van der Waals surface area contributed by atoms with Crippen molar-refractivity contribution in [3.05, 3.63) is 107 Å². The average Bonchev–Trinajstić information content (AvgIpc) is 4.11. The fourth-order valence-electron chi connectivity index (χ4n) is 8.81. The Balaban J connectivity index is 0.852. The number of amides is 4. The summed E-state index contributed by atoms with van der Waals surface area (Å²) < 4.78 is 21.6. The molecule has 4 aliphatic heterocycles. The average molecular weight is 800 g/mol. The van der Waals surface area contributed by atoms with E-state index in [1.54, 1.807) is 14.7 Å². The van der Waals surface area contributed by atoms with Crippen LogP contribution in [0.1, 0.15) is 65.9 Å². The van der Waals surface area contributed by atoms with E-state index in [4.69, 9.17) is 14.2 Å². The molecule has 3 N–H and O–H groups in total. The molecule has 2 fully saturated rings. The molecule has 0 bridgehead atoms. The largest absolute Gasteiger partial charge is 0.454 e. The minimum absolute atomic E-state index is 0.00836. The second-order valence-corrected chi connectivity index (χ2v) is 15.6. The normalized spacial score (nSPS) is 19.9. The van der Waals surface area contributed by atoms with Crippen LogP contribution in [-0.2, 0) is 38.6 Å². The summed E-state index contributed by atoms with van der Waals surface area (Å²) in [5.74, 6) is 1.78. The summed E-state index contributed by atoms with van der Waals surface area (Å²) in [6.45, 7) is 7.82. The van der Waals surface area contributed by atoms with Crippen molar-refractivity contribution in [2.24, 2.45) is 0 Å². The minimum atomic E-state index is -0.722. The maximum absolute atomic E-state index is 13.4. The van der Waals surface area contributed by atoms with Crippen molar-refractivity contribution in [1.29, 1.82) is 0 Å². The smallest absolute Gasteiger partial charge is 0.410 e. The Morgan fingerprint density at radius 1 is 1.02 bits per heavy atom. The van der Waals surface area contributed by atoms with Gasteiger partial charge in [0, 0.05) is 38.0 Å². The zero-order valence-electron chi connectivity index (χ0n) is 32.9. The third kappa shape index (κ3) is 7.32. The van der Waals surface area contributed by atoms with Crippen LogP contribution >= 0.6 is 0 Å². The van der Waals surface area contributed by atoms with Gasteiger partial charge in [-0.3, -0.25) is 14.5 Å². The molecule has 3 atom stereocenters. The van der Waals surface area contributed by atoms with E-state index in [0.717, 1.165) is 71.6 Å². The molecule has 0 radical (unpaired) electrons. The van der Waals surface area contributed by atoms with Crippen LogP contribution in [0.5, 0.6) is 11.5 Å². The quantitative estimate of drug-likeness (QED) is 0.151. The van der Waals surface area contributed by atoms with Crippen LogP contribution in [0, 0.1) is 0 Å². The molecule has 304 valence electrons. The second-order valence-electron chi connectivity index (χ2n) is 15.6. The maximum Gasteiger partial charge on any atom is 0.410 e. The molecule has 2 saturated heterocycles. The number of fused-ring (bicyclic) bond motifs is 5. The van der Waals surface area contributed by atoms with Gasteiger partial charge in [-0.25, -0.2) is 14.6 Å². The van der Waals surface area contributed by atoms with Crippen LogP contribution in [0.2, 0.25) is 0 Å². The van der Waals surface area contributed by atoms with Gasteiger partial charge in [-0.1, -0.05) is 36.9 Å². The predicted octanol–water partition coefficient (Wildman–Crippen LogP) is 5.61. The Hall–Kier alpha value is -6.77. The summed E-state index contributed by atoms with van der Waals surface area (Å²) in [4.78, 5) is 63.2. The summed E-state index contributed by atoms with van der Waals surface area (Å²) in [6, 6.07) is 16.2. The molecular formula is C44H45N7O8. The van der Waals surface area contributed by atoms with E-state index in [0.29, 0.717) is 36.7 Å². The number of hydrogen-bond acceptors (Lipinski definition) is 10. The zero-order chi connectivity index (χ0) is 40.8. The third-order valence-electron chi connectivity index (χ3n) is 12.0. The molecule has 3 aromatic carbocycles. The van der Waals surface area contributed by atoms with Crippen LogP contribution in [0.15, 0.2) is 73.2 Å². The van der Waals surface area contributed by atoms with Gasteiger partial charge in [0.25, 0.3) is 0 Å². The van der Waals surface area contributed by atoms with E-state index in [2.05, 4.69) is 68.3 Å². The fraction of sp³-hybridized carbons (Fsp3) is 0.341. The molecule has 0 saturated carbocycles. The molecule has 4 aromatic rings. The number of hydrogen-bond donors (Lipinski definition) is 3. The van der Waals surface area contributed by atoms with Crippen molar-refractivity contribution in [1.82, 2.24) is 35.3 Å². The Bertz CT molecular complexity index is 2370. The first-order chi connectivity index (χ1) is 28.6. The molecule has 0 spiro atoms. The SMILES string of the molecule is C=C(N/C=C(\C)c1ccc2c(c1)Cc1cc(-c3cnc(C4CCCN4C=O)[nH]3)ccc1-2)[C@@H]1CC(OC(=O)N2Cc3cc4c(cc3C2)OCO4)CN1C(=O)CNC(=O)OC. The van der Waals surface area contributed by atoms with Crippen molar-refractivity contribution in [2.45, 2.75) is 63.9 Å². The molecule has 5 heterocycles. The van der Waals surface area contributed by atoms with E-state index in [1.807, 2.05) is 31.5 Å². The minimum Gasteiger partial charge on any atom is -0.454 e. The number of carbonyl (C=O) groups excluding carboxylic acids is 4. The highest BCUT2D eigenvalue weighted by Crippen LogP contribution is 2.41. The number of imidazole rings is 1. The summed E-state index contributed by atoms with van der Waals surface area (Å²) in [7, 11) is 1.23. The number of aromatic nitrogens is 2. The predicted molar refractivity (Wildman–Crippen MR) is 216 cm³/mol. The van der Waals surface area contributed by atoms with Crippen LogP contribution in [-0.4, -0.2) is 94.9 Å². The maximum atomic E-state index is 13.4. The number of benzene rings is 3. The number of nitrogens with one attached hydrogen (secondary N) is 3. The molecule has 1 aliphatic carbocycles. The van der Waals surface area contributed by atoms with Gasteiger partial charge in [0.1, 0.15) is 18.5 Å². The Morgan fingerprint density at radius 3 is 2.51 bits per heavy atom. The third-order valence-corrected chi connectivity index (χ3v) is 12.0. The second kappa shape index (κ2) is 15.5. The van der Waals surface area contributed by atoms with Crippen molar-refractivity contribution in [3.8, 4) is 33.9 Å². The van der Waals surface area contributed by atoms with Crippen molar-refractivity contribution >= 4 is 30.1 Å². The van der Waals surface area contributed by atoms with Crippen molar-refractivity contribution in [3.63, 3.8) is 0 Å². The molecule has 9 rings (SSSR count). The Labute approximate surface area is 340 Å². The number of nitrogens with zero attached hydrogens (tertiary/aromatic N) is 4. The van der Waals surface area contributed by atoms with Crippen LogP contribution in [0.4, 0.5) is 9.59 Å². The molecule has 15 heteroatoms. The molecule has 5 aliphatic rings. The number of aromatic amines is 1. The lowest BCUT2D eigenvalue weighted by Crippen LogP contribution is -2.44. The lowest BCUT2D eigenvalue weighted by molar-refractivity contribution is -0.130. The van der Waals surface area contributed by atoms with Gasteiger partial charge in [0.05, 0.1) is 37.6 Å². The number of methoxy groups -OCH3 is 1. The number of rotatable bonds is 10. The van der Waals surface area contributed by atoms with Gasteiger partial charge in [-0.2, -0.15) is 0 Å². The molecule has 2 unspecified atom stereocenters. The lowest BCUT2D eigenvalue weighted by Gasteiger charge is -2.26. The number of likely N-dealkylation sites (tertiary alicyclic amines) is 2. The Morgan fingerprint density at radius 2 is 1.76 bits per heavy atom. The first-order valence-electron chi connectivity index (χ1n) is 19.8. The first-order valence-corrected chi connectivity index (χ1v) is 19.8. The van der Waals surface area contributed by atoms with Crippen molar-refractivity contribution in [2.75, 3.05) is 33.5 Å². The van der Waals surface area contributed by atoms with Crippen molar-refractivity contribution < 1.29 is 38.1 Å². The highest BCUT2D eigenvalue weighted by atomic mass is 16.7. The summed E-state index contributed by atoms with van der Waals surface area (Å²) in [6.07, 6.45) is 5.81. The molecule has 59 heavy (non-hydrogen) atoms. The summed E-state index contributed by atoms with van der Waals surface area (Å²) in [5, 5.41) is 5.77. The summed E-state index contributed by atoms with van der Waals surface area (Å²) >= 11 is 0. The fourth-order valence-corrected chi connectivity index (χ4v) is 8.81. The number of alkyl carbamates (subject to hydrolysis) is 1. The van der Waals surface area contributed by atoms with Gasteiger partial charge in [-0.15, -0.1) is 0 Å². The van der Waals surface area contributed by atoms with E-state index < -0.39 is 24.3 Å². The number of H-pyrrole nitrogens is 1. The highest BCUT2D eigenvalue weighted by Gasteiger charge is 2.40. The number of allylic oxidation sites excluding steroid dienone is 1. The molecular weight excluding hydrogens is 755 g/mol. The van der Waals surface area contributed by atoms with Gasteiger partial charge in [0.2, 0.25) is 19.1 Å². The number of carbonyl (C=O) groups is 4. The summed E-state index contributed by atoms with van der Waals surface area (Å²) in [5.41, 5.74) is 11.3. The Kier molecular flexibility index (Phi) is 9.95. The topological polar surface area (TPSA) is 168 Å². The standard InChI is InChI=1S/C44H45N7O8/c1-25(27-6-8-34-29(11-27)13-30-12-28(7-9-35(30)34)36-18-46-42(48-36)37-5-4-10-49(37)23-52)17-45-26(2)38-16-33(22-51(38)41(53)19-47-43(54)56-3)59-44(55)50-20-31-14-39-40(58-24-57-39)15-32(31)21-50/h6-9,11-12,14-15,17-18,23,33,37-38,45H,2,4-5,10,13,16,19-22,24H2,1,3H3,(H,46,48)(H,47,54)/b25-17+/t33?,37?,38-/m0/s1. The van der Waals surface area contributed by atoms with E-state index >= 15 is 0 Å². The first kappa shape index (κ1) is 37.8. The lowest BCUT2D eigenvalue weighted by atomic mass is 10.00. The van der Waals surface area contributed by atoms with Gasteiger partial charge in [0.15, 0.2) is 11.5 Å². The zero-order valence-corrected chi connectivity index (χ0v) is 32.9. The molecule has 15 nitrogen and oxygen atoms in total. The van der Waals surface area contributed by atoms with Crippen LogP contribution < -0.4 is 20.1 Å². The van der Waals surface area contributed by atoms with Gasteiger partial charge >= 0.3 is 12.2 Å². The van der Waals surface area contributed by atoms with Gasteiger partial charge in [-0.05, 0) is 94.5 Å². The van der Waals surface area contributed by atoms with E-state index in [1.165, 1.54) is 29.4 Å². The molecule has 1 aromatic heterocycles. The monoisotopic (exact) mass is 799 g/mol. The highest BCUT2D eigenvalue weighted by molar-refractivity contribution is 5.84. The van der Waals surface area contributed by atoms with Crippen LogP contribution in [0.3, 0.4) is 0 Å². The van der Waals surface area contributed by atoms with E-state index in [-0.39, 0.29) is 31.8 Å². The number of ether oxygens (including phenoxy) is 4. The molecule has 4 amide bonds. The van der Waals surface area contributed by atoms with Crippen LogP contribution in [0.25, 0.3) is 28.0 Å². The van der Waals surface area contributed by atoms with E-state index in [9.17, 15) is 19.2 Å². The van der Waals surface area contributed by atoms with Gasteiger partial charge < -0.3 is 44.4 Å².